The Balaban J connectivity index is 2.00. The molecule has 0 fully saturated rings. The van der Waals surface area contributed by atoms with Crippen LogP contribution >= 0.6 is 0 Å². The van der Waals surface area contributed by atoms with Crippen molar-refractivity contribution in [3.05, 3.63) is 41.9 Å². The van der Waals surface area contributed by atoms with Gasteiger partial charge in [0.05, 0.1) is 18.2 Å². The molecule has 0 aliphatic heterocycles. The van der Waals surface area contributed by atoms with E-state index in [0.29, 0.717) is 0 Å². The summed E-state index contributed by atoms with van der Waals surface area (Å²) in [7, 11) is 0. The van der Waals surface area contributed by atoms with Gasteiger partial charge >= 0.3 is 5.97 Å². The zero-order valence-corrected chi connectivity index (χ0v) is 14.5. The fraction of sp³-hybridized carbons (Fsp3) is 0.389. The van der Waals surface area contributed by atoms with Gasteiger partial charge in [0.2, 0.25) is 5.91 Å². The van der Waals surface area contributed by atoms with Crippen molar-refractivity contribution in [2.45, 2.75) is 39.2 Å². The lowest BCUT2D eigenvalue weighted by Gasteiger charge is -2.26. The highest BCUT2D eigenvalue weighted by atomic mass is 19.1. The highest BCUT2D eigenvalue weighted by Crippen LogP contribution is 2.24. The number of aryl methyl sites for hydroxylation is 1. The Morgan fingerprint density at radius 2 is 2.00 bits per heavy atom. The summed E-state index contributed by atoms with van der Waals surface area (Å²) in [4.78, 5) is 28.5. The van der Waals surface area contributed by atoms with Crippen molar-refractivity contribution in [2.24, 2.45) is 0 Å². The summed E-state index contributed by atoms with van der Waals surface area (Å²) in [5, 5.41) is 8.77. The van der Waals surface area contributed by atoms with Crippen LogP contribution in [0, 0.1) is 11.6 Å². The summed E-state index contributed by atoms with van der Waals surface area (Å²) < 4.78 is 32.2. The maximum Gasteiger partial charge on any atom is 0.305 e. The molecular weight excluding hydrogens is 346 g/mol. The molecule has 8 heteroatoms. The Bertz CT molecular complexity index is 789. The smallest absolute Gasteiger partial charge is 0.305 e. The van der Waals surface area contributed by atoms with E-state index in [1.807, 2.05) is 0 Å². The van der Waals surface area contributed by atoms with Gasteiger partial charge in [0.1, 0.15) is 11.6 Å². The van der Waals surface area contributed by atoms with Crippen molar-refractivity contribution >= 4 is 11.9 Å². The van der Waals surface area contributed by atoms with Crippen LogP contribution in [0.5, 0.6) is 0 Å². The number of hydrogen-bond donors (Lipinski definition) is 1. The zero-order chi connectivity index (χ0) is 19.3. The Labute approximate surface area is 149 Å². The van der Waals surface area contributed by atoms with Crippen LogP contribution in [0.2, 0.25) is 0 Å². The number of carboxylic acids is 1. The second kappa shape index (κ2) is 8.55. The summed E-state index contributed by atoms with van der Waals surface area (Å²) in [6.07, 6.45) is 1.47. The molecule has 0 atom stereocenters. The molecule has 0 spiro atoms. The molecule has 0 radical (unpaired) electrons. The van der Waals surface area contributed by atoms with Crippen molar-refractivity contribution in [3.63, 3.8) is 0 Å². The molecule has 6 nitrogen and oxygen atoms in total. The first kappa shape index (κ1) is 19.6. The minimum atomic E-state index is -0.970. The van der Waals surface area contributed by atoms with Crippen LogP contribution in [-0.2, 0) is 16.0 Å². The summed E-state index contributed by atoms with van der Waals surface area (Å²) in [5.74, 6) is -2.23. The second-order valence-corrected chi connectivity index (χ2v) is 6.07. The van der Waals surface area contributed by atoms with Crippen molar-refractivity contribution in [2.75, 3.05) is 6.54 Å². The molecule has 1 aromatic carbocycles. The second-order valence-electron chi connectivity index (χ2n) is 6.07. The number of aliphatic carboxylic acids is 1. The van der Waals surface area contributed by atoms with Crippen LogP contribution in [0.3, 0.4) is 0 Å². The van der Waals surface area contributed by atoms with Gasteiger partial charge in [-0.25, -0.2) is 13.8 Å². The topological polar surface area (TPSA) is 83.6 Å². The number of hydrogen-bond acceptors (Lipinski definition) is 4. The Kier molecular flexibility index (Phi) is 6.43. The van der Waals surface area contributed by atoms with Gasteiger partial charge < -0.3 is 14.4 Å². The Hall–Kier alpha value is -2.77. The largest absolute Gasteiger partial charge is 0.481 e. The van der Waals surface area contributed by atoms with E-state index >= 15 is 0 Å². The van der Waals surface area contributed by atoms with E-state index in [-0.39, 0.29) is 55.0 Å². The predicted molar refractivity (Wildman–Crippen MR) is 89.3 cm³/mol. The summed E-state index contributed by atoms with van der Waals surface area (Å²) in [6, 6.07) is 3.00. The summed E-state index contributed by atoms with van der Waals surface area (Å²) in [6.45, 7) is 3.74. The van der Waals surface area contributed by atoms with Gasteiger partial charge in [-0.15, -0.1) is 0 Å². The average molecular weight is 366 g/mol. The van der Waals surface area contributed by atoms with Crippen molar-refractivity contribution in [3.8, 4) is 11.3 Å². The van der Waals surface area contributed by atoms with Crippen molar-refractivity contribution in [1.82, 2.24) is 9.88 Å². The molecule has 1 N–H and O–H groups in total. The first-order valence-electron chi connectivity index (χ1n) is 8.19. The number of carbonyl (C=O) groups is 2. The van der Waals surface area contributed by atoms with E-state index in [2.05, 4.69) is 4.98 Å². The van der Waals surface area contributed by atoms with E-state index in [4.69, 9.17) is 9.52 Å². The van der Waals surface area contributed by atoms with Gasteiger partial charge in [0.15, 0.2) is 11.7 Å². The fourth-order valence-electron chi connectivity index (χ4n) is 2.48. The molecule has 0 aliphatic carbocycles. The van der Waals surface area contributed by atoms with Crippen molar-refractivity contribution < 1.29 is 27.9 Å². The lowest BCUT2D eigenvalue weighted by molar-refractivity contribution is -0.139. The SMILES string of the molecule is CC(C)N(CCC(=O)O)C(=O)CCc1ncc(-c2ccc(F)cc2F)o1. The molecule has 140 valence electrons. The van der Waals surface area contributed by atoms with Gasteiger partial charge in [-0.3, -0.25) is 9.59 Å². The van der Waals surface area contributed by atoms with Gasteiger partial charge in [-0.05, 0) is 26.0 Å². The predicted octanol–water partition coefficient (Wildman–Crippen LogP) is 3.26. The standard InChI is InChI=1S/C18H20F2N2O4/c1-11(2)22(8-7-18(24)25)17(23)6-5-16-21-10-15(26-16)13-4-3-12(19)9-14(13)20/h3-4,9-11H,5-8H2,1-2H3,(H,24,25). The lowest BCUT2D eigenvalue weighted by Crippen LogP contribution is -2.38. The highest BCUT2D eigenvalue weighted by molar-refractivity contribution is 5.77. The van der Waals surface area contributed by atoms with E-state index in [9.17, 15) is 18.4 Å². The van der Waals surface area contributed by atoms with Crippen LogP contribution in [0.1, 0.15) is 32.6 Å². The molecule has 26 heavy (non-hydrogen) atoms. The van der Waals surface area contributed by atoms with E-state index in [0.717, 1.165) is 12.1 Å². The monoisotopic (exact) mass is 366 g/mol. The zero-order valence-electron chi connectivity index (χ0n) is 14.5. The van der Waals surface area contributed by atoms with E-state index in [1.165, 1.54) is 17.2 Å². The molecule has 0 unspecified atom stereocenters. The molecule has 0 aliphatic rings. The van der Waals surface area contributed by atoms with E-state index in [1.54, 1.807) is 13.8 Å². The molecule has 1 aromatic heterocycles. The fourth-order valence-corrected chi connectivity index (χ4v) is 2.48. The number of amides is 1. The molecule has 0 saturated heterocycles. The number of aromatic nitrogens is 1. The van der Waals surface area contributed by atoms with E-state index < -0.39 is 17.6 Å². The van der Waals surface area contributed by atoms with Crippen LogP contribution < -0.4 is 0 Å². The number of oxazole rings is 1. The van der Waals surface area contributed by atoms with Crippen LogP contribution in [0.15, 0.2) is 28.8 Å². The third-order valence-electron chi connectivity index (χ3n) is 3.81. The normalized spacial score (nSPS) is 11.0. The van der Waals surface area contributed by atoms with Crippen LogP contribution in [0.4, 0.5) is 8.78 Å². The maximum atomic E-state index is 13.8. The van der Waals surface area contributed by atoms with Gasteiger partial charge in [0, 0.05) is 31.5 Å². The number of halogens is 2. The first-order valence-corrected chi connectivity index (χ1v) is 8.19. The lowest BCUT2D eigenvalue weighted by atomic mass is 10.2. The molecule has 1 amide bonds. The van der Waals surface area contributed by atoms with Crippen molar-refractivity contribution in [1.29, 1.82) is 0 Å². The quantitative estimate of drug-likeness (QED) is 0.775. The van der Waals surface area contributed by atoms with Gasteiger partial charge in [-0.2, -0.15) is 0 Å². The Morgan fingerprint density at radius 3 is 2.62 bits per heavy atom. The molecule has 2 aromatic rings. The number of carboxylic acid groups (broad SMARTS) is 1. The number of nitrogens with zero attached hydrogens (tertiary/aromatic N) is 2. The Morgan fingerprint density at radius 1 is 1.27 bits per heavy atom. The minimum absolute atomic E-state index is 0.0849. The minimum Gasteiger partial charge on any atom is -0.481 e. The summed E-state index contributed by atoms with van der Waals surface area (Å²) in [5.41, 5.74) is 0.0849. The number of carbonyl (C=O) groups excluding carboxylic acids is 1. The molecule has 2 rings (SSSR count). The summed E-state index contributed by atoms with van der Waals surface area (Å²) >= 11 is 0. The third-order valence-corrected chi connectivity index (χ3v) is 3.81. The molecular formula is C18H20F2N2O4. The van der Waals surface area contributed by atoms with Crippen LogP contribution in [-0.4, -0.2) is 39.5 Å². The third kappa shape index (κ3) is 5.11. The number of rotatable bonds is 8. The van der Waals surface area contributed by atoms with Gasteiger partial charge in [-0.1, -0.05) is 0 Å². The first-order chi connectivity index (χ1) is 12.3. The van der Waals surface area contributed by atoms with Gasteiger partial charge in [0.25, 0.3) is 0 Å². The molecule has 0 bridgehead atoms. The highest BCUT2D eigenvalue weighted by Gasteiger charge is 2.19. The molecule has 0 saturated carbocycles. The molecule has 1 heterocycles. The average Bonchev–Trinajstić information content (AvgIpc) is 3.01. The van der Waals surface area contributed by atoms with Crippen LogP contribution in [0.25, 0.3) is 11.3 Å². The maximum absolute atomic E-state index is 13.8. The number of benzene rings is 1.